The van der Waals surface area contributed by atoms with E-state index in [1.165, 1.54) is 12.1 Å². The molecule has 1 amide bonds. The smallest absolute Gasteiger partial charge is 0.264 e. The van der Waals surface area contributed by atoms with Crippen LogP contribution in [0.4, 0.5) is 5.95 Å². The minimum atomic E-state index is -4.08. The van der Waals surface area contributed by atoms with Gasteiger partial charge in [-0.1, -0.05) is 45.0 Å². The number of sulfonamides is 1. The molecule has 41 heavy (non-hydrogen) atoms. The summed E-state index contributed by atoms with van der Waals surface area (Å²) in [6.45, 7) is 13.5. The molecule has 1 saturated heterocycles. The maximum atomic E-state index is 13.5. The van der Waals surface area contributed by atoms with Crippen molar-refractivity contribution in [3.05, 3.63) is 65.2 Å². The summed E-state index contributed by atoms with van der Waals surface area (Å²) in [6, 6.07) is 13.7. The molecule has 0 aliphatic carbocycles. The molecule has 3 aromatic rings. The van der Waals surface area contributed by atoms with Gasteiger partial charge in [-0.25, -0.2) is 18.1 Å². The summed E-state index contributed by atoms with van der Waals surface area (Å²) < 4.78 is 35.5. The fraction of sp³-hybridized carbons (Fsp3) is 0.452. The molecule has 0 radical (unpaired) electrons. The average molecular weight is 578 g/mol. The van der Waals surface area contributed by atoms with Crippen LogP contribution in [0.1, 0.15) is 61.5 Å². The van der Waals surface area contributed by atoms with E-state index in [2.05, 4.69) is 45.7 Å². The van der Waals surface area contributed by atoms with Crippen molar-refractivity contribution in [2.45, 2.75) is 64.3 Å². The Kier molecular flexibility index (Phi) is 7.82. The Morgan fingerprint density at radius 2 is 1.68 bits per heavy atom. The maximum Gasteiger partial charge on any atom is 0.264 e. The fourth-order valence-corrected chi connectivity index (χ4v) is 6.39. The number of amides is 1. The minimum absolute atomic E-state index is 0.0426. The molecule has 1 spiro atoms. The third-order valence-corrected chi connectivity index (χ3v) is 9.26. The lowest BCUT2D eigenvalue weighted by Crippen LogP contribution is -2.58. The van der Waals surface area contributed by atoms with Gasteiger partial charge < -0.3 is 15.0 Å². The molecule has 10 heteroatoms. The van der Waals surface area contributed by atoms with Crippen LogP contribution in [-0.4, -0.2) is 61.0 Å². The molecule has 4 bridgehead atoms. The van der Waals surface area contributed by atoms with E-state index in [1.807, 2.05) is 32.0 Å². The number of rotatable bonds is 3. The molecule has 218 valence electrons. The van der Waals surface area contributed by atoms with Crippen molar-refractivity contribution in [2.24, 2.45) is 5.41 Å². The first-order chi connectivity index (χ1) is 19.3. The monoisotopic (exact) mass is 577 g/mol. The van der Waals surface area contributed by atoms with Crippen LogP contribution in [0, 0.1) is 19.3 Å². The predicted octanol–water partition coefficient (Wildman–Crippen LogP) is 4.95. The summed E-state index contributed by atoms with van der Waals surface area (Å²) >= 11 is 0. The highest BCUT2D eigenvalue weighted by atomic mass is 32.2. The Bertz CT molecular complexity index is 1540. The van der Waals surface area contributed by atoms with Crippen molar-refractivity contribution >= 4 is 21.9 Å². The van der Waals surface area contributed by atoms with Gasteiger partial charge in [0.2, 0.25) is 11.8 Å². The van der Waals surface area contributed by atoms with E-state index in [0.29, 0.717) is 18.5 Å². The molecule has 2 aliphatic heterocycles. The number of hydrogen-bond acceptors (Lipinski definition) is 7. The number of ether oxygens (including phenoxy) is 1. The number of aromatic nitrogens is 2. The fourth-order valence-electron chi connectivity index (χ4n) is 5.40. The summed E-state index contributed by atoms with van der Waals surface area (Å²) in [5, 5.41) is 3.22. The van der Waals surface area contributed by atoms with Crippen LogP contribution in [0.25, 0.3) is 11.3 Å². The summed E-state index contributed by atoms with van der Waals surface area (Å²) in [6.07, 6.45) is 2.48. The molecule has 1 fully saturated rings. The SMILES string of the molecule is Cc1cccc(C)c1-c1cc2nc(n1)NS(=O)(=O)c1cccc(c1)C(=O)NC1(CCN(CCC(C)(C)C)CC1)CO2. The Balaban J connectivity index is 1.54. The van der Waals surface area contributed by atoms with Crippen LogP contribution in [0.3, 0.4) is 0 Å². The number of nitrogens with one attached hydrogen (secondary N) is 2. The number of benzene rings is 2. The number of carbonyl (C=O) groups is 1. The Morgan fingerprint density at radius 1 is 1.00 bits per heavy atom. The summed E-state index contributed by atoms with van der Waals surface area (Å²) in [4.78, 5) is 24.9. The lowest BCUT2D eigenvalue weighted by Gasteiger charge is -2.42. The van der Waals surface area contributed by atoms with Crippen LogP contribution >= 0.6 is 0 Å². The molecule has 1 aromatic heterocycles. The van der Waals surface area contributed by atoms with Gasteiger partial charge in [-0.15, -0.1) is 0 Å². The highest BCUT2D eigenvalue weighted by Crippen LogP contribution is 2.31. The van der Waals surface area contributed by atoms with Crippen molar-refractivity contribution in [3.63, 3.8) is 0 Å². The van der Waals surface area contributed by atoms with E-state index in [9.17, 15) is 13.2 Å². The first-order valence-electron chi connectivity index (χ1n) is 14.1. The zero-order chi connectivity index (χ0) is 29.4. The first kappa shape index (κ1) is 29.0. The largest absolute Gasteiger partial charge is 0.475 e. The Morgan fingerprint density at radius 3 is 2.37 bits per heavy atom. The number of carbonyl (C=O) groups excluding carboxylic acids is 1. The van der Waals surface area contributed by atoms with E-state index in [1.54, 1.807) is 18.2 Å². The van der Waals surface area contributed by atoms with Crippen molar-refractivity contribution in [1.29, 1.82) is 0 Å². The van der Waals surface area contributed by atoms with Gasteiger partial charge in [-0.3, -0.25) is 4.79 Å². The third kappa shape index (κ3) is 6.70. The van der Waals surface area contributed by atoms with E-state index in [4.69, 9.17) is 4.74 Å². The van der Waals surface area contributed by atoms with Gasteiger partial charge in [0.05, 0.1) is 16.1 Å². The number of hydrogen-bond donors (Lipinski definition) is 2. The van der Waals surface area contributed by atoms with E-state index >= 15 is 0 Å². The first-order valence-corrected chi connectivity index (χ1v) is 15.6. The zero-order valence-corrected chi connectivity index (χ0v) is 25.3. The topological polar surface area (TPSA) is 114 Å². The highest BCUT2D eigenvalue weighted by molar-refractivity contribution is 7.92. The van der Waals surface area contributed by atoms with E-state index in [0.717, 1.165) is 42.7 Å². The Hall–Kier alpha value is -3.50. The number of likely N-dealkylation sites (tertiary alicyclic amines) is 1. The minimum Gasteiger partial charge on any atom is -0.475 e. The molecule has 0 atom stereocenters. The normalized spacial score (nSPS) is 18.7. The van der Waals surface area contributed by atoms with Gasteiger partial charge in [0.25, 0.3) is 15.9 Å². The molecule has 2 aromatic carbocycles. The second kappa shape index (κ2) is 11.1. The van der Waals surface area contributed by atoms with Crippen molar-refractivity contribution in [3.8, 4) is 17.1 Å². The van der Waals surface area contributed by atoms with Crippen molar-refractivity contribution in [1.82, 2.24) is 20.2 Å². The molecule has 2 aliphatic rings. The molecule has 3 heterocycles. The number of nitrogens with zero attached hydrogens (tertiary/aromatic N) is 3. The predicted molar refractivity (Wildman–Crippen MR) is 160 cm³/mol. The molecule has 0 saturated carbocycles. The molecular weight excluding hydrogens is 538 g/mol. The lowest BCUT2D eigenvalue weighted by atomic mass is 9.86. The van der Waals surface area contributed by atoms with Crippen molar-refractivity contribution in [2.75, 3.05) is 31.0 Å². The molecule has 2 N–H and O–H groups in total. The van der Waals surface area contributed by atoms with Crippen LogP contribution in [-0.2, 0) is 10.0 Å². The number of aryl methyl sites for hydroxylation is 2. The average Bonchev–Trinajstić information content (AvgIpc) is 2.91. The molecule has 5 rings (SSSR count). The van der Waals surface area contributed by atoms with Crippen LogP contribution in [0.2, 0.25) is 0 Å². The summed E-state index contributed by atoms with van der Waals surface area (Å²) in [5.41, 5.74) is 3.32. The van der Waals surface area contributed by atoms with Gasteiger partial charge >= 0.3 is 0 Å². The maximum absolute atomic E-state index is 13.5. The van der Waals surface area contributed by atoms with Crippen molar-refractivity contribution < 1.29 is 17.9 Å². The molecular formula is C31H39N5O4S. The Labute approximate surface area is 242 Å². The summed E-state index contributed by atoms with van der Waals surface area (Å²) in [7, 11) is -4.08. The van der Waals surface area contributed by atoms with Gasteiger partial charge in [-0.05, 0) is 74.4 Å². The molecule has 9 nitrogen and oxygen atoms in total. The zero-order valence-electron chi connectivity index (χ0n) is 24.5. The third-order valence-electron chi connectivity index (χ3n) is 7.94. The second-order valence-electron chi connectivity index (χ2n) is 12.5. The van der Waals surface area contributed by atoms with Gasteiger partial charge in [-0.2, -0.15) is 4.98 Å². The van der Waals surface area contributed by atoms with Gasteiger partial charge in [0, 0.05) is 30.3 Å². The van der Waals surface area contributed by atoms with Gasteiger partial charge in [0.1, 0.15) is 6.61 Å². The second-order valence-corrected chi connectivity index (χ2v) is 14.2. The van der Waals surface area contributed by atoms with Crippen LogP contribution in [0.15, 0.2) is 53.4 Å². The number of fused-ring (bicyclic) bond motifs is 4. The van der Waals surface area contributed by atoms with E-state index < -0.39 is 15.6 Å². The quantitative estimate of drug-likeness (QED) is 0.453. The van der Waals surface area contributed by atoms with Crippen LogP contribution in [0.5, 0.6) is 5.88 Å². The van der Waals surface area contributed by atoms with Crippen LogP contribution < -0.4 is 14.8 Å². The number of anilines is 1. The molecule has 0 unspecified atom stereocenters. The summed E-state index contributed by atoms with van der Waals surface area (Å²) in [5.74, 6) is -0.178. The number of piperidine rings is 1. The standard InChI is InChI=1S/C31H39N5O4S/c1-21-8-6-9-22(2)27(21)25-19-26-33-29(32-25)35-41(38,39)24-11-7-10-23(18-24)28(37)34-31(20-40-26)13-16-36(17-14-31)15-12-30(3,4)5/h6-11,18-19H,12-17,20H2,1-5H3,(H,34,37)(H,32,33,35). The lowest BCUT2D eigenvalue weighted by molar-refractivity contribution is 0.0636. The highest BCUT2D eigenvalue weighted by Gasteiger charge is 2.38. The van der Waals surface area contributed by atoms with Gasteiger partial charge in [0.15, 0.2) is 0 Å². The van der Waals surface area contributed by atoms with E-state index in [-0.39, 0.29) is 40.2 Å².